The van der Waals surface area contributed by atoms with Gasteiger partial charge >= 0.3 is 5.97 Å². The zero-order valence-corrected chi connectivity index (χ0v) is 8.76. The Morgan fingerprint density at radius 3 is 3.00 bits per heavy atom. The van der Waals surface area contributed by atoms with Crippen LogP contribution in [-0.4, -0.2) is 12.6 Å². The van der Waals surface area contributed by atoms with Gasteiger partial charge in [-0.2, -0.15) is 0 Å². The second kappa shape index (κ2) is 5.02. The van der Waals surface area contributed by atoms with Crippen LogP contribution in [0.2, 0.25) is 0 Å². The van der Waals surface area contributed by atoms with Gasteiger partial charge in [-0.15, -0.1) is 11.3 Å². The van der Waals surface area contributed by atoms with Gasteiger partial charge in [-0.3, -0.25) is 4.79 Å². The largest absolute Gasteiger partial charge is 0.466 e. The summed E-state index contributed by atoms with van der Waals surface area (Å²) in [4.78, 5) is 11.9. The van der Waals surface area contributed by atoms with Crippen LogP contribution in [0.3, 0.4) is 0 Å². The number of carbonyl (C=O) groups excluding carboxylic acids is 1. The number of esters is 1. The Bertz CT molecular complexity index is 254. The number of thiophene rings is 1. The van der Waals surface area contributed by atoms with Crippen molar-refractivity contribution in [3.63, 3.8) is 0 Å². The zero-order valence-electron chi connectivity index (χ0n) is 7.95. The van der Waals surface area contributed by atoms with E-state index in [1.807, 2.05) is 6.07 Å². The topological polar surface area (TPSA) is 26.3 Å². The van der Waals surface area contributed by atoms with Crippen molar-refractivity contribution in [3.05, 3.63) is 22.4 Å². The Kier molecular flexibility index (Phi) is 3.96. The highest BCUT2D eigenvalue weighted by Crippen LogP contribution is 2.14. The Labute approximate surface area is 82.5 Å². The van der Waals surface area contributed by atoms with E-state index in [1.165, 1.54) is 11.8 Å². The molecule has 2 nitrogen and oxygen atoms in total. The average molecular weight is 198 g/mol. The predicted octanol–water partition coefficient (Wildman–Crippen LogP) is 2.49. The fraction of sp³-hybridized carbons (Fsp3) is 0.500. The first-order chi connectivity index (χ1) is 6.18. The monoisotopic (exact) mass is 198 g/mol. The first-order valence-electron chi connectivity index (χ1n) is 4.34. The predicted molar refractivity (Wildman–Crippen MR) is 53.8 cm³/mol. The molecule has 0 aliphatic heterocycles. The summed E-state index contributed by atoms with van der Waals surface area (Å²) in [5.74, 6) is 0.209. The molecule has 1 atom stereocenters. The van der Waals surface area contributed by atoms with Crippen LogP contribution in [0.15, 0.2) is 17.5 Å². The molecular formula is C10H14O2S. The zero-order chi connectivity index (χ0) is 9.68. The van der Waals surface area contributed by atoms with Gasteiger partial charge in [-0.1, -0.05) is 13.0 Å². The van der Waals surface area contributed by atoms with E-state index < -0.39 is 0 Å². The molecular weight excluding hydrogens is 184 g/mol. The molecule has 0 unspecified atom stereocenters. The number of hydrogen-bond acceptors (Lipinski definition) is 3. The Morgan fingerprint density at radius 2 is 2.46 bits per heavy atom. The third-order valence-corrected chi connectivity index (χ3v) is 2.60. The van der Waals surface area contributed by atoms with E-state index in [9.17, 15) is 4.79 Å². The van der Waals surface area contributed by atoms with Crippen molar-refractivity contribution in [1.29, 1.82) is 0 Å². The van der Waals surface area contributed by atoms with Crippen LogP contribution in [0.4, 0.5) is 0 Å². The summed E-state index contributed by atoms with van der Waals surface area (Å²) in [6.07, 6.45) is 0.991. The van der Waals surface area contributed by atoms with E-state index in [0.717, 1.165) is 6.42 Å². The van der Waals surface area contributed by atoms with Crippen LogP contribution in [0.1, 0.15) is 18.7 Å². The molecule has 0 bridgehead atoms. The minimum atomic E-state index is -0.196. The van der Waals surface area contributed by atoms with Crippen molar-refractivity contribution in [3.8, 4) is 0 Å². The van der Waals surface area contributed by atoms with E-state index in [0.29, 0.717) is 12.5 Å². The standard InChI is InChI=1S/C10H14O2S/c1-8(7-12-9(2)11)6-10-4-3-5-13-10/h3-5,8H,6-7H2,1-2H3/t8-/m1/s1. The van der Waals surface area contributed by atoms with Gasteiger partial charge < -0.3 is 4.74 Å². The third-order valence-electron chi connectivity index (χ3n) is 1.70. The molecule has 0 N–H and O–H groups in total. The van der Waals surface area contributed by atoms with Gasteiger partial charge in [-0.05, 0) is 23.8 Å². The normalized spacial score (nSPS) is 12.5. The second-order valence-electron chi connectivity index (χ2n) is 3.19. The lowest BCUT2D eigenvalue weighted by atomic mass is 10.1. The van der Waals surface area contributed by atoms with Crippen LogP contribution in [-0.2, 0) is 16.0 Å². The molecule has 3 heteroatoms. The quantitative estimate of drug-likeness (QED) is 0.695. The van der Waals surface area contributed by atoms with Crippen LogP contribution in [0, 0.1) is 5.92 Å². The molecule has 72 valence electrons. The van der Waals surface area contributed by atoms with Crippen LogP contribution in [0.5, 0.6) is 0 Å². The van der Waals surface area contributed by atoms with E-state index in [-0.39, 0.29) is 5.97 Å². The minimum Gasteiger partial charge on any atom is -0.466 e. The lowest BCUT2D eigenvalue weighted by molar-refractivity contribution is -0.142. The van der Waals surface area contributed by atoms with Crippen molar-refractivity contribution in [2.24, 2.45) is 5.92 Å². The summed E-state index contributed by atoms with van der Waals surface area (Å²) >= 11 is 1.75. The lowest BCUT2D eigenvalue weighted by Gasteiger charge is -2.09. The second-order valence-corrected chi connectivity index (χ2v) is 4.22. The van der Waals surface area contributed by atoms with Gasteiger partial charge in [0.25, 0.3) is 0 Å². The summed E-state index contributed by atoms with van der Waals surface area (Å²) < 4.78 is 4.92. The average Bonchev–Trinajstić information content (AvgIpc) is 2.53. The number of carbonyl (C=O) groups is 1. The smallest absolute Gasteiger partial charge is 0.302 e. The molecule has 13 heavy (non-hydrogen) atoms. The maximum absolute atomic E-state index is 10.5. The molecule has 0 fully saturated rings. The van der Waals surface area contributed by atoms with Gasteiger partial charge in [0.15, 0.2) is 0 Å². The van der Waals surface area contributed by atoms with E-state index >= 15 is 0 Å². The minimum absolute atomic E-state index is 0.196. The Hall–Kier alpha value is -0.830. The summed E-state index contributed by atoms with van der Waals surface area (Å²) in [5.41, 5.74) is 0. The van der Waals surface area contributed by atoms with Crippen molar-refractivity contribution in [2.75, 3.05) is 6.61 Å². The van der Waals surface area contributed by atoms with Gasteiger partial charge in [0.2, 0.25) is 0 Å². The van der Waals surface area contributed by atoms with Crippen molar-refractivity contribution < 1.29 is 9.53 Å². The van der Waals surface area contributed by atoms with Crippen LogP contribution < -0.4 is 0 Å². The molecule has 1 rings (SSSR count). The van der Waals surface area contributed by atoms with Gasteiger partial charge in [0, 0.05) is 11.8 Å². The fourth-order valence-corrected chi connectivity index (χ4v) is 1.96. The first-order valence-corrected chi connectivity index (χ1v) is 5.22. The van der Waals surface area contributed by atoms with Crippen molar-refractivity contribution in [1.82, 2.24) is 0 Å². The molecule has 1 heterocycles. The summed E-state index contributed by atoms with van der Waals surface area (Å²) in [6.45, 7) is 4.05. The highest BCUT2D eigenvalue weighted by molar-refractivity contribution is 7.09. The maximum atomic E-state index is 10.5. The van der Waals surface area contributed by atoms with Gasteiger partial charge in [-0.25, -0.2) is 0 Å². The molecule has 0 aromatic carbocycles. The van der Waals surface area contributed by atoms with Crippen molar-refractivity contribution >= 4 is 17.3 Å². The first kappa shape index (κ1) is 10.3. The van der Waals surface area contributed by atoms with Gasteiger partial charge in [0.1, 0.15) is 0 Å². The number of hydrogen-bond donors (Lipinski definition) is 0. The molecule has 0 aliphatic carbocycles. The van der Waals surface area contributed by atoms with Crippen LogP contribution >= 0.6 is 11.3 Å². The van der Waals surface area contributed by atoms with E-state index in [2.05, 4.69) is 18.4 Å². The molecule has 0 saturated heterocycles. The number of rotatable bonds is 4. The lowest BCUT2D eigenvalue weighted by Crippen LogP contribution is -2.10. The summed E-state index contributed by atoms with van der Waals surface area (Å²) in [6, 6.07) is 4.15. The van der Waals surface area contributed by atoms with E-state index in [4.69, 9.17) is 4.74 Å². The third kappa shape index (κ3) is 4.08. The van der Waals surface area contributed by atoms with Crippen molar-refractivity contribution in [2.45, 2.75) is 20.3 Å². The summed E-state index contributed by atoms with van der Waals surface area (Å²) in [5, 5.41) is 2.06. The molecule has 1 aromatic heterocycles. The molecule has 1 aromatic rings. The molecule has 0 aliphatic rings. The number of ether oxygens (including phenoxy) is 1. The molecule has 0 amide bonds. The van der Waals surface area contributed by atoms with Gasteiger partial charge in [0.05, 0.1) is 6.61 Å². The molecule has 0 radical (unpaired) electrons. The maximum Gasteiger partial charge on any atom is 0.302 e. The highest BCUT2D eigenvalue weighted by Gasteiger charge is 2.05. The fourth-order valence-electron chi connectivity index (χ4n) is 1.09. The Balaban J connectivity index is 2.25. The van der Waals surface area contributed by atoms with Crippen LogP contribution in [0.25, 0.3) is 0 Å². The highest BCUT2D eigenvalue weighted by atomic mass is 32.1. The van der Waals surface area contributed by atoms with E-state index in [1.54, 1.807) is 11.3 Å². The Morgan fingerprint density at radius 1 is 1.69 bits per heavy atom. The summed E-state index contributed by atoms with van der Waals surface area (Å²) in [7, 11) is 0. The molecule has 0 spiro atoms. The SMILES string of the molecule is CC(=O)OC[C@H](C)Cc1cccs1. The molecule has 0 saturated carbocycles.